The lowest BCUT2D eigenvalue weighted by Gasteiger charge is -2.46. The summed E-state index contributed by atoms with van der Waals surface area (Å²) < 4.78 is 20.7. The van der Waals surface area contributed by atoms with Crippen LogP contribution in [0.25, 0.3) is 16.3 Å². The van der Waals surface area contributed by atoms with Crippen LogP contribution in [-0.4, -0.2) is 83.5 Å². The maximum atomic E-state index is 14.0. The lowest BCUT2D eigenvalue weighted by Crippen LogP contribution is -2.56. The highest BCUT2D eigenvalue weighted by Crippen LogP contribution is 2.43. The van der Waals surface area contributed by atoms with E-state index in [0.29, 0.717) is 30.6 Å². The number of fused-ring (bicyclic) bond motifs is 3. The molecule has 3 atom stereocenters. The maximum absolute atomic E-state index is 14.0. The van der Waals surface area contributed by atoms with Gasteiger partial charge in [0.15, 0.2) is 5.83 Å². The van der Waals surface area contributed by atoms with E-state index >= 15 is 0 Å². The topological polar surface area (TPSA) is 96.0 Å². The van der Waals surface area contributed by atoms with E-state index in [-0.39, 0.29) is 36.9 Å². The number of amides is 1. The molecule has 3 fully saturated rings. The summed E-state index contributed by atoms with van der Waals surface area (Å²) in [7, 11) is 0. The standard InChI is InChI=1S/C38H38ClFN6O2/c1-25(40)37(47)46-21-20-44(23-28(46)12-16-41)35-30-11-10-27(29-8-2-6-26-7-3-9-32(39)34(26)29)22-33(30)43-36(31(35)13-17-42)48-24-38-14-4-18-45(38)19-5-15-38/h2-3,6-11,22,28,30,33H,1,4-5,12-15,18-21,23-24H2/t28-,30?,33?/m0/s1. The molecule has 8 nitrogen and oxygen atoms in total. The van der Waals surface area contributed by atoms with Gasteiger partial charge in [0, 0.05) is 47.2 Å². The van der Waals surface area contributed by atoms with Crippen molar-refractivity contribution in [2.45, 2.75) is 56.1 Å². The summed E-state index contributed by atoms with van der Waals surface area (Å²) in [6.45, 7) is 6.81. The molecular formula is C38H38ClFN6O2. The van der Waals surface area contributed by atoms with Gasteiger partial charge in [-0.05, 0) is 61.4 Å². The molecule has 0 aromatic heterocycles. The van der Waals surface area contributed by atoms with Gasteiger partial charge in [0.05, 0.1) is 42.6 Å². The van der Waals surface area contributed by atoms with Gasteiger partial charge in [-0.1, -0.05) is 66.7 Å². The number of carbonyl (C=O) groups is 1. The monoisotopic (exact) mass is 664 g/mol. The molecule has 4 heterocycles. The quantitative estimate of drug-likeness (QED) is 0.311. The molecule has 2 unspecified atom stereocenters. The fraction of sp³-hybridized carbons (Fsp3) is 0.421. The largest absolute Gasteiger partial charge is 0.476 e. The molecule has 0 N–H and O–H groups in total. The number of nitrogens with zero attached hydrogens (tertiary/aromatic N) is 6. The smallest absolute Gasteiger partial charge is 0.282 e. The SMILES string of the molecule is C=C(F)C(=O)N1CCN(C2=C(CC#N)C(OCC34CCCN3CCC4)=NC3C=C(c4cccc5cccc(Cl)c45)C=CC23)C[C@@H]1CC#N. The third-order valence-corrected chi connectivity index (χ3v) is 11.0. The molecule has 48 heavy (non-hydrogen) atoms. The predicted molar refractivity (Wildman–Crippen MR) is 184 cm³/mol. The summed E-state index contributed by atoms with van der Waals surface area (Å²) in [4.78, 5) is 24.0. The van der Waals surface area contributed by atoms with Crippen molar-refractivity contribution in [3.8, 4) is 12.1 Å². The van der Waals surface area contributed by atoms with E-state index in [9.17, 15) is 19.7 Å². The van der Waals surface area contributed by atoms with Gasteiger partial charge >= 0.3 is 0 Å². The van der Waals surface area contributed by atoms with Crippen molar-refractivity contribution < 1.29 is 13.9 Å². The molecule has 0 saturated carbocycles. The third kappa shape index (κ3) is 5.70. The summed E-state index contributed by atoms with van der Waals surface area (Å²) in [5.41, 5.74) is 3.64. The zero-order valence-electron chi connectivity index (χ0n) is 26.9. The van der Waals surface area contributed by atoms with Gasteiger partial charge in [-0.2, -0.15) is 10.5 Å². The number of allylic oxidation sites excluding steroid dienone is 2. The Morgan fingerprint density at radius 3 is 2.60 bits per heavy atom. The number of carbonyl (C=O) groups excluding carboxylic acids is 1. The molecule has 1 amide bonds. The number of hydrogen-bond acceptors (Lipinski definition) is 7. The van der Waals surface area contributed by atoms with Crippen molar-refractivity contribution in [3.63, 3.8) is 0 Å². The minimum absolute atomic E-state index is 0.0108. The molecule has 1 aliphatic carbocycles. The van der Waals surface area contributed by atoms with Crippen LogP contribution in [0.1, 0.15) is 44.1 Å². The second-order valence-corrected chi connectivity index (χ2v) is 13.8. The molecule has 7 rings (SSSR count). The number of ether oxygens (including phenoxy) is 1. The Hall–Kier alpha value is -4.44. The fourth-order valence-electron chi connectivity index (χ4n) is 8.49. The molecular weight excluding hydrogens is 627 g/mol. The van der Waals surface area contributed by atoms with E-state index in [4.69, 9.17) is 21.3 Å². The molecule has 0 spiro atoms. The summed E-state index contributed by atoms with van der Waals surface area (Å²) in [6.07, 6.45) is 11.0. The van der Waals surface area contributed by atoms with E-state index in [1.165, 1.54) is 4.90 Å². The van der Waals surface area contributed by atoms with Gasteiger partial charge in [-0.15, -0.1) is 0 Å². The number of halogens is 2. The molecule has 2 aromatic rings. The predicted octanol–water partition coefficient (Wildman–Crippen LogP) is 6.57. The summed E-state index contributed by atoms with van der Waals surface area (Å²) in [5.74, 6) is -1.55. The summed E-state index contributed by atoms with van der Waals surface area (Å²) >= 11 is 6.73. The Morgan fingerprint density at radius 2 is 1.88 bits per heavy atom. The maximum Gasteiger partial charge on any atom is 0.282 e. The third-order valence-electron chi connectivity index (χ3n) is 10.7. The molecule has 10 heteroatoms. The second-order valence-electron chi connectivity index (χ2n) is 13.3. The molecule has 3 saturated heterocycles. The van der Waals surface area contributed by atoms with Crippen LogP contribution in [0, 0.1) is 28.6 Å². The van der Waals surface area contributed by atoms with Gasteiger partial charge in [0.2, 0.25) is 5.90 Å². The lowest BCUT2D eigenvalue weighted by atomic mass is 9.81. The number of dihydropyridines is 1. The number of aliphatic imine (C=N–C) groups is 1. The van der Waals surface area contributed by atoms with Crippen LogP contribution in [0.4, 0.5) is 4.39 Å². The van der Waals surface area contributed by atoms with Crippen LogP contribution in [0.5, 0.6) is 0 Å². The van der Waals surface area contributed by atoms with E-state index in [0.717, 1.165) is 72.0 Å². The number of nitriles is 2. The highest BCUT2D eigenvalue weighted by atomic mass is 35.5. The van der Waals surface area contributed by atoms with Gasteiger partial charge in [0.25, 0.3) is 5.91 Å². The first-order valence-corrected chi connectivity index (χ1v) is 17.1. The number of hydrogen-bond donors (Lipinski definition) is 0. The first-order chi connectivity index (χ1) is 23.3. The number of benzene rings is 2. The Bertz CT molecular complexity index is 1850. The van der Waals surface area contributed by atoms with Crippen LogP contribution >= 0.6 is 11.6 Å². The summed E-state index contributed by atoms with van der Waals surface area (Å²) in [5, 5.41) is 22.4. The Balaban J connectivity index is 1.29. The molecule has 0 bridgehead atoms. The van der Waals surface area contributed by atoms with Crippen molar-refractivity contribution in [1.29, 1.82) is 10.5 Å². The molecule has 246 valence electrons. The molecule has 5 aliphatic rings. The van der Waals surface area contributed by atoms with Crippen LogP contribution in [-0.2, 0) is 9.53 Å². The van der Waals surface area contributed by atoms with Crippen molar-refractivity contribution in [2.75, 3.05) is 39.3 Å². The van der Waals surface area contributed by atoms with Crippen molar-refractivity contribution in [3.05, 3.63) is 88.9 Å². The zero-order chi connectivity index (χ0) is 33.4. The van der Waals surface area contributed by atoms with Gasteiger partial charge in [-0.25, -0.2) is 9.38 Å². The van der Waals surface area contributed by atoms with E-state index < -0.39 is 17.8 Å². The Kier molecular flexibility index (Phi) is 8.85. The normalized spacial score (nSPS) is 24.8. The van der Waals surface area contributed by atoms with Gasteiger partial charge < -0.3 is 14.5 Å². The fourth-order valence-corrected chi connectivity index (χ4v) is 8.77. The first-order valence-electron chi connectivity index (χ1n) is 16.7. The molecule has 2 aromatic carbocycles. The first kappa shape index (κ1) is 32.1. The Labute approximate surface area is 285 Å². The Morgan fingerprint density at radius 1 is 1.10 bits per heavy atom. The van der Waals surface area contributed by atoms with Crippen LogP contribution in [0.2, 0.25) is 5.02 Å². The van der Waals surface area contributed by atoms with E-state index in [2.05, 4.69) is 64.9 Å². The second kappa shape index (κ2) is 13.2. The van der Waals surface area contributed by atoms with Crippen LogP contribution in [0.3, 0.4) is 0 Å². The highest BCUT2D eigenvalue weighted by molar-refractivity contribution is 6.36. The van der Waals surface area contributed by atoms with Crippen molar-refractivity contribution in [1.82, 2.24) is 14.7 Å². The zero-order valence-corrected chi connectivity index (χ0v) is 27.6. The minimum atomic E-state index is -1.04. The van der Waals surface area contributed by atoms with Crippen molar-refractivity contribution >= 4 is 39.8 Å². The average molecular weight is 665 g/mol. The minimum Gasteiger partial charge on any atom is -0.476 e. The van der Waals surface area contributed by atoms with Crippen LogP contribution in [0.15, 0.2) is 83.3 Å². The number of piperazine rings is 1. The van der Waals surface area contributed by atoms with E-state index in [1.54, 1.807) is 0 Å². The van der Waals surface area contributed by atoms with E-state index in [1.807, 2.05) is 18.2 Å². The van der Waals surface area contributed by atoms with Crippen LogP contribution < -0.4 is 0 Å². The lowest BCUT2D eigenvalue weighted by molar-refractivity contribution is -0.133. The average Bonchev–Trinajstić information content (AvgIpc) is 3.68. The van der Waals surface area contributed by atoms with Gasteiger partial charge in [0.1, 0.15) is 6.61 Å². The summed E-state index contributed by atoms with van der Waals surface area (Å²) in [6, 6.07) is 15.7. The molecule has 4 aliphatic heterocycles. The van der Waals surface area contributed by atoms with Gasteiger partial charge in [-0.3, -0.25) is 9.69 Å². The van der Waals surface area contributed by atoms with Crippen molar-refractivity contribution in [2.24, 2.45) is 10.9 Å². The number of rotatable bonds is 7. The highest BCUT2D eigenvalue weighted by Gasteiger charge is 2.46. The molecule has 0 radical (unpaired) electrons.